The van der Waals surface area contributed by atoms with Crippen molar-refractivity contribution in [1.29, 1.82) is 0 Å². The molecule has 1 aromatic rings. The quantitative estimate of drug-likeness (QED) is 0.736. The van der Waals surface area contributed by atoms with Crippen LogP contribution in [0.15, 0.2) is 30.3 Å². The van der Waals surface area contributed by atoms with Crippen molar-refractivity contribution in [2.45, 2.75) is 66.4 Å². The van der Waals surface area contributed by atoms with Gasteiger partial charge in [0, 0.05) is 6.42 Å². The van der Waals surface area contributed by atoms with E-state index < -0.39 is 5.60 Å². The molecule has 0 fully saturated rings. The van der Waals surface area contributed by atoms with Gasteiger partial charge in [-0.3, -0.25) is 0 Å². The van der Waals surface area contributed by atoms with Gasteiger partial charge in [-0.2, -0.15) is 0 Å². The highest BCUT2D eigenvalue weighted by Crippen LogP contribution is 2.43. The van der Waals surface area contributed by atoms with Crippen molar-refractivity contribution in [1.82, 2.24) is 0 Å². The Labute approximate surface area is 125 Å². The molecule has 1 unspecified atom stereocenters. The second-order valence-corrected chi connectivity index (χ2v) is 7.56. The van der Waals surface area contributed by atoms with Gasteiger partial charge in [0.1, 0.15) is 0 Å². The van der Waals surface area contributed by atoms with Crippen LogP contribution < -0.4 is 0 Å². The molecule has 0 aliphatic carbocycles. The second-order valence-electron chi connectivity index (χ2n) is 7.56. The zero-order chi connectivity index (χ0) is 15.4. The molecule has 114 valence electrons. The number of hydrogen-bond donors (Lipinski definition) is 1. The molecule has 1 nitrogen and oxygen atoms in total. The van der Waals surface area contributed by atoms with E-state index in [0.717, 1.165) is 19.3 Å². The summed E-state index contributed by atoms with van der Waals surface area (Å²) in [6.45, 7) is 13.2. The highest BCUT2D eigenvalue weighted by atomic mass is 16.3. The first kappa shape index (κ1) is 17.2. The van der Waals surface area contributed by atoms with Crippen LogP contribution in [0.5, 0.6) is 0 Å². The molecule has 1 rings (SSSR count). The summed E-state index contributed by atoms with van der Waals surface area (Å²) in [6.07, 6.45) is 2.96. The normalized spacial score (nSPS) is 15.7. The lowest BCUT2D eigenvalue weighted by Crippen LogP contribution is -2.51. The van der Waals surface area contributed by atoms with Gasteiger partial charge in [0.15, 0.2) is 0 Å². The lowest BCUT2D eigenvalue weighted by atomic mass is 9.63. The first-order valence-corrected chi connectivity index (χ1v) is 7.95. The van der Waals surface area contributed by atoms with Gasteiger partial charge in [0.25, 0.3) is 0 Å². The third-order valence-corrected chi connectivity index (χ3v) is 4.79. The molecule has 20 heavy (non-hydrogen) atoms. The summed E-state index contributed by atoms with van der Waals surface area (Å²) in [7, 11) is 0. The molecule has 0 aliphatic heterocycles. The van der Waals surface area contributed by atoms with Crippen molar-refractivity contribution in [3.63, 3.8) is 0 Å². The first-order chi connectivity index (χ1) is 9.19. The molecule has 0 heterocycles. The second kappa shape index (κ2) is 6.76. The number of hydrogen-bond acceptors (Lipinski definition) is 1. The van der Waals surface area contributed by atoms with Gasteiger partial charge in [-0.05, 0) is 29.2 Å². The van der Waals surface area contributed by atoms with E-state index in [2.05, 4.69) is 65.8 Å². The van der Waals surface area contributed by atoms with Crippen LogP contribution in [-0.2, 0) is 6.42 Å². The van der Waals surface area contributed by atoms with E-state index in [1.54, 1.807) is 0 Å². The molecule has 0 saturated carbocycles. The molecule has 1 N–H and O–H groups in total. The standard InChI is InChI=1S/C19H32O/c1-15(2)12-13-18(5,6)19(20,16(3)4)14-17-10-8-7-9-11-17/h7-11,15-16,20H,12-14H2,1-6H3. The summed E-state index contributed by atoms with van der Waals surface area (Å²) >= 11 is 0. The molecule has 1 atom stereocenters. The van der Waals surface area contributed by atoms with E-state index in [1.165, 1.54) is 5.56 Å². The zero-order valence-electron chi connectivity index (χ0n) is 14.1. The van der Waals surface area contributed by atoms with Gasteiger partial charge in [0.2, 0.25) is 0 Å². The number of benzene rings is 1. The monoisotopic (exact) mass is 276 g/mol. The van der Waals surface area contributed by atoms with Crippen LogP contribution in [-0.4, -0.2) is 10.7 Å². The Morgan fingerprint density at radius 3 is 2.00 bits per heavy atom. The molecule has 1 heteroatoms. The lowest BCUT2D eigenvalue weighted by molar-refractivity contribution is -0.107. The fourth-order valence-electron chi connectivity index (χ4n) is 3.00. The van der Waals surface area contributed by atoms with Crippen LogP contribution in [0, 0.1) is 17.3 Å². The molecule has 0 aromatic heterocycles. The summed E-state index contributed by atoms with van der Waals surface area (Å²) in [5.74, 6) is 0.923. The van der Waals surface area contributed by atoms with Gasteiger partial charge < -0.3 is 5.11 Å². The predicted molar refractivity (Wildman–Crippen MR) is 87.8 cm³/mol. The Balaban J connectivity index is 2.95. The smallest absolute Gasteiger partial charge is 0.0761 e. The molecular weight excluding hydrogens is 244 g/mol. The Hall–Kier alpha value is -0.820. The highest BCUT2D eigenvalue weighted by molar-refractivity contribution is 5.18. The molecule has 0 radical (unpaired) electrons. The van der Waals surface area contributed by atoms with E-state index in [9.17, 15) is 5.11 Å². The van der Waals surface area contributed by atoms with Gasteiger partial charge in [-0.15, -0.1) is 0 Å². The number of rotatable bonds is 7. The third kappa shape index (κ3) is 4.09. The molecule has 0 aliphatic rings. The van der Waals surface area contributed by atoms with Crippen LogP contribution in [0.25, 0.3) is 0 Å². The fourth-order valence-corrected chi connectivity index (χ4v) is 3.00. The van der Waals surface area contributed by atoms with Crippen molar-refractivity contribution in [2.24, 2.45) is 17.3 Å². The molecule has 1 aromatic carbocycles. The molecular formula is C19H32O. The Morgan fingerprint density at radius 2 is 1.55 bits per heavy atom. The third-order valence-electron chi connectivity index (χ3n) is 4.79. The van der Waals surface area contributed by atoms with Crippen LogP contribution in [0.2, 0.25) is 0 Å². The van der Waals surface area contributed by atoms with Gasteiger partial charge in [-0.25, -0.2) is 0 Å². The predicted octanol–water partition coefficient (Wildman–Crippen LogP) is 5.08. The van der Waals surface area contributed by atoms with E-state index in [1.807, 2.05) is 6.07 Å². The van der Waals surface area contributed by atoms with E-state index in [-0.39, 0.29) is 11.3 Å². The first-order valence-electron chi connectivity index (χ1n) is 7.95. The van der Waals surface area contributed by atoms with Gasteiger partial charge in [0.05, 0.1) is 5.60 Å². The maximum atomic E-state index is 11.4. The highest BCUT2D eigenvalue weighted by Gasteiger charge is 2.45. The summed E-state index contributed by atoms with van der Waals surface area (Å²) < 4.78 is 0. The summed E-state index contributed by atoms with van der Waals surface area (Å²) in [5, 5.41) is 11.4. The minimum absolute atomic E-state index is 0.0821. The Morgan fingerprint density at radius 1 is 1.00 bits per heavy atom. The van der Waals surface area contributed by atoms with Crippen LogP contribution in [0.1, 0.15) is 59.9 Å². The van der Waals surface area contributed by atoms with Gasteiger partial charge >= 0.3 is 0 Å². The molecule has 0 amide bonds. The largest absolute Gasteiger partial charge is 0.389 e. The maximum Gasteiger partial charge on any atom is 0.0761 e. The van der Waals surface area contributed by atoms with Crippen molar-refractivity contribution in [3.05, 3.63) is 35.9 Å². The average molecular weight is 276 g/mol. The maximum absolute atomic E-state index is 11.4. The molecule has 0 bridgehead atoms. The van der Waals surface area contributed by atoms with E-state index in [4.69, 9.17) is 0 Å². The minimum atomic E-state index is -0.663. The average Bonchev–Trinajstić information content (AvgIpc) is 2.37. The van der Waals surface area contributed by atoms with Gasteiger partial charge in [-0.1, -0.05) is 78.3 Å². The summed E-state index contributed by atoms with van der Waals surface area (Å²) in [4.78, 5) is 0. The van der Waals surface area contributed by atoms with E-state index >= 15 is 0 Å². The van der Waals surface area contributed by atoms with Crippen molar-refractivity contribution in [2.75, 3.05) is 0 Å². The van der Waals surface area contributed by atoms with Crippen molar-refractivity contribution >= 4 is 0 Å². The van der Waals surface area contributed by atoms with Crippen molar-refractivity contribution < 1.29 is 5.11 Å². The Kier molecular flexibility index (Phi) is 5.82. The van der Waals surface area contributed by atoms with E-state index in [0.29, 0.717) is 5.92 Å². The van der Waals surface area contributed by atoms with Crippen molar-refractivity contribution in [3.8, 4) is 0 Å². The summed E-state index contributed by atoms with van der Waals surface area (Å²) in [5.41, 5.74) is 0.478. The van der Waals surface area contributed by atoms with Crippen LogP contribution >= 0.6 is 0 Å². The molecule has 0 saturated heterocycles. The van der Waals surface area contributed by atoms with Crippen LogP contribution in [0.4, 0.5) is 0 Å². The molecule has 0 spiro atoms. The Bertz CT molecular complexity index is 391. The van der Waals surface area contributed by atoms with Crippen LogP contribution in [0.3, 0.4) is 0 Å². The lowest BCUT2D eigenvalue weighted by Gasteiger charge is -2.46. The number of aliphatic hydroxyl groups is 1. The zero-order valence-corrected chi connectivity index (χ0v) is 14.1. The minimum Gasteiger partial charge on any atom is -0.389 e. The topological polar surface area (TPSA) is 20.2 Å². The SMILES string of the molecule is CC(C)CCC(C)(C)C(O)(Cc1ccccc1)C(C)C. The fraction of sp³-hybridized carbons (Fsp3) is 0.684. The summed E-state index contributed by atoms with van der Waals surface area (Å²) in [6, 6.07) is 10.4.